The van der Waals surface area contributed by atoms with Crippen LogP contribution in [0.1, 0.15) is 40.0 Å². The minimum absolute atomic E-state index is 0.155. The van der Waals surface area contributed by atoms with E-state index in [2.05, 4.69) is 44.1 Å². The van der Waals surface area contributed by atoms with Crippen molar-refractivity contribution in [1.29, 1.82) is 0 Å². The summed E-state index contributed by atoms with van der Waals surface area (Å²) in [7, 11) is -1.64. The lowest BCUT2D eigenvalue weighted by molar-refractivity contribution is -0.384. The highest BCUT2D eigenvalue weighted by Gasteiger charge is 2.36. The zero-order chi connectivity index (χ0) is 20.1. The molecule has 1 heterocycles. The number of nitro benzene ring substituents is 1. The van der Waals surface area contributed by atoms with Gasteiger partial charge in [0.2, 0.25) is 0 Å². The van der Waals surface area contributed by atoms with Gasteiger partial charge in [0.05, 0.1) is 4.92 Å². The zero-order valence-corrected chi connectivity index (χ0v) is 18.5. The molecule has 0 atom stereocenters. The Hall–Kier alpha value is -1.44. The molecule has 1 saturated heterocycles. The quantitative estimate of drug-likeness (QED) is 0.295. The Labute approximate surface area is 164 Å². The van der Waals surface area contributed by atoms with Crippen LogP contribution in [0, 0.1) is 10.1 Å². The van der Waals surface area contributed by atoms with Gasteiger partial charge in [0.1, 0.15) is 5.69 Å². The predicted octanol–water partition coefficient (Wildman–Crippen LogP) is 4.88. The molecule has 0 aromatic heterocycles. The maximum atomic E-state index is 11.1. The molecule has 1 aromatic rings. The number of benzene rings is 1. The first-order valence-corrected chi connectivity index (χ1v) is 12.9. The van der Waals surface area contributed by atoms with Crippen LogP contribution in [-0.4, -0.2) is 50.4 Å². The van der Waals surface area contributed by atoms with Crippen LogP contribution in [-0.2, 0) is 4.43 Å². The Balaban J connectivity index is 1.71. The number of nitrogens with zero attached hydrogens (tertiary/aromatic N) is 2. The van der Waals surface area contributed by atoms with E-state index in [1.807, 2.05) is 6.07 Å². The second-order valence-electron chi connectivity index (χ2n) is 9.00. The van der Waals surface area contributed by atoms with E-state index < -0.39 is 8.32 Å². The molecule has 0 radical (unpaired) electrons. The Morgan fingerprint density at radius 2 is 1.89 bits per heavy atom. The third kappa shape index (κ3) is 6.29. The molecule has 1 aromatic carbocycles. The first-order valence-electron chi connectivity index (χ1n) is 9.96. The summed E-state index contributed by atoms with van der Waals surface area (Å²) in [4.78, 5) is 13.3. The number of anilines is 1. The van der Waals surface area contributed by atoms with Gasteiger partial charge in [-0.3, -0.25) is 10.1 Å². The van der Waals surface area contributed by atoms with Crippen molar-refractivity contribution in [2.75, 3.05) is 31.6 Å². The molecular weight excluding hydrogens is 358 g/mol. The molecule has 2 rings (SSSR count). The van der Waals surface area contributed by atoms with Gasteiger partial charge in [-0.05, 0) is 43.5 Å². The summed E-state index contributed by atoms with van der Waals surface area (Å²) in [5, 5.41) is 14.8. The topological polar surface area (TPSA) is 67.6 Å². The Bertz CT molecular complexity index is 623. The van der Waals surface area contributed by atoms with E-state index in [4.69, 9.17) is 4.43 Å². The molecule has 0 amide bonds. The van der Waals surface area contributed by atoms with Crippen molar-refractivity contribution < 1.29 is 9.35 Å². The molecule has 7 heteroatoms. The summed E-state index contributed by atoms with van der Waals surface area (Å²) in [6, 6.07) is 7.19. The molecule has 0 unspecified atom stereocenters. The SMILES string of the molecule is CC(C)(C)[Si](C)(C)OCCCN1CCC(Nc2ccccc2[N+](=O)[O-])CC1. The maximum absolute atomic E-state index is 11.1. The lowest BCUT2D eigenvalue weighted by atomic mass is 10.0. The van der Waals surface area contributed by atoms with Crippen LogP contribution in [0.25, 0.3) is 0 Å². The first kappa shape index (κ1) is 21.9. The fraction of sp³-hybridized carbons (Fsp3) is 0.700. The second kappa shape index (κ2) is 9.17. The zero-order valence-electron chi connectivity index (χ0n) is 17.5. The molecule has 152 valence electrons. The summed E-state index contributed by atoms with van der Waals surface area (Å²) >= 11 is 0. The largest absolute Gasteiger partial charge is 0.417 e. The highest BCUT2D eigenvalue weighted by molar-refractivity contribution is 6.74. The van der Waals surface area contributed by atoms with E-state index in [1.165, 1.54) is 0 Å². The molecular formula is C20H35N3O3Si. The summed E-state index contributed by atoms with van der Waals surface area (Å²) in [6.45, 7) is 15.4. The van der Waals surface area contributed by atoms with E-state index in [1.54, 1.807) is 18.2 Å². The third-order valence-corrected chi connectivity index (χ3v) is 10.5. The van der Waals surface area contributed by atoms with Crippen molar-refractivity contribution in [3.8, 4) is 0 Å². The average molecular weight is 394 g/mol. The Morgan fingerprint density at radius 1 is 1.26 bits per heavy atom. The molecule has 1 fully saturated rings. The summed E-state index contributed by atoms with van der Waals surface area (Å²) in [6.07, 6.45) is 3.08. The van der Waals surface area contributed by atoms with Gasteiger partial charge in [0.25, 0.3) is 5.69 Å². The van der Waals surface area contributed by atoms with Gasteiger partial charge >= 0.3 is 0 Å². The standard InChI is InChI=1S/C20H35N3O3Si/c1-20(2,3)27(4,5)26-16-8-13-22-14-11-17(12-15-22)21-18-9-6-7-10-19(18)23(24)25/h6-7,9-10,17,21H,8,11-16H2,1-5H3. The Kier molecular flexibility index (Phi) is 7.42. The van der Waals surface area contributed by atoms with Crippen LogP contribution in [0.2, 0.25) is 18.1 Å². The summed E-state index contributed by atoms with van der Waals surface area (Å²) < 4.78 is 6.26. The smallest absolute Gasteiger partial charge is 0.292 e. The fourth-order valence-electron chi connectivity index (χ4n) is 3.11. The van der Waals surface area contributed by atoms with Crippen molar-refractivity contribution >= 4 is 19.7 Å². The number of hydrogen-bond donors (Lipinski definition) is 1. The van der Waals surface area contributed by atoms with Crippen LogP contribution in [0.4, 0.5) is 11.4 Å². The number of nitrogens with one attached hydrogen (secondary N) is 1. The first-order chi connectivity index (χ1) is 12.6. The molecule has 0 bridgehead atoms. The minimum Gasteiger partial charge on any atom is -0.417 e. The Morgan fingerprint density at radius 3 is 2.48 bits per heavy atom. The van der Waals surface area contributed by atoms with Gasteiger partial charge in [-0.1, -0.05) is 32.9 Å². The molecule has 0 spiro atoms. The minimum atomic E-state index is -1.64. The van der Waals surface area contributed by atoms with E-state index >= 15 is 0 Å². The van der Waals surface area contributed by atoms with Crippen LogP contribution in [0.3, 0.4) is 0 Å². The molecule has 0 saturated carbocycles. The van der Waals surface area contributed by atoms with Crippen LogP contribution < -0.4 is 5.32 Å². The van der Waals surface area contributed by atoms with E-state index in [0.29, 0.717) is 11.7 Å². The summed E-state index contributed by atoms with van der Waals surface area (Å²) in [5.41, 5.74) is 0.784. The van der Waals surface area contributed by atoms with Crippen LogP contribution in [0.5, 0.6) is 0 Å². The normalized spacial score (nSPS) is 17.1. The number of para-hydroxylation sites is 2. The fourth-order valence-corrected chi connectivity index (χ4v) is 4.20. The highest BCUT2D eigenvalue weighted by Crippen LogP contribution is 2.36. The van der Waals surface area contributed by atoms with E-state index in [0.717, 1.165) is 45.5 Å². The molecule has 27 heavy (non-hydrogen) atoms. The van der Waals surface area contributed by atoms with Crippen molar-refractivity contribution in [2.24, 2.45) is 0 Å². The van der Waals surface area contributed by atoms with Crippen molar-refractivity contribution in [2.45, 2.75) is 64.2 Å². The van der Waals surface area contributed by atoms with Gasteiger partial charge < -0.3 is 14.6 Å². The van der Waals surface area contributed by atoms with Crippen LogP contribution in [0.15, 0.2) is 24.3 Å². The average Bonchev–Trinajstić information content (AvgIpc) is 2.59. The van der Waals surface area contributed by atoms with E-state index in [-0.39, 0.29) is 15.6 Å². The number of likely N-dealkylation sites (tertiary alicyclic amines) is 1. The second-order valence-corrected chi connectivity index (χ2v) is 13.8. The van der Waals surface area contributed by atoms with Crippen molar-refractivity contribution in [3.63, 3.8) is 0 Å². The molecule has 1 aliphatic heterocycles. The molecule has 0 aliphatic carbocycles. The van der Waals surface area contributed by atoms with Gasteiger partial charge in [0.15, 0.2) is 8.32 Å². The summed E-state index contributed by atoms with van der Waals surface area (Å²) in [5.74, 6) is 0. The lowest BCUT2D eigenvalue weighted by Gasteiger charge is -2.37. The monoisotopic (exact) mass is 393 g/mol. The van der Waals surface area contributed by atoms with Crippen molar-refractivity contribution in [3.05, 3.63) is 34.4 Å². The van der Waals surface area contributed by atoms with Crippen molar-refractivity contribution in [1.82, 2.24) is 4.90 Å². The van der Waals surface area contributed by atoms with Gasteiger partial charge in [-0.25, -0.2) is 0 Å². The number of nitro groups is 1. The molecule has 6 nitrogen and oxygen atoms in total. The number of rotatable bonds is 8. The van der Waals surface area contributed by atoms with E-state index in [9.17, 15) is 10.1 Å². The predicted molar refractivity (Wildman–Crippen MR) is 114 cm³/mol. The lowest BCUT2D eigenvalue weighted by Crippen LogP contribution is -2.42. The van der Waals surface area contributed by atoms with Gasteiger partial charge in [-0.2, -0.15) is 0 Å². The highest BCUT2D eigenvalue weighted by atomic mass is 28.4. The maximum Gasteiger partial charge on any atom is 0.292 e. The van der Waals surface area contributed by atoms with Gasteiger partial charge in [-0.15, -0.1) is 0 Å². The molecule has 1 N–H and O–H groups in total. The number of piperidine rings is 1. The third-order valence-electron chi connectivity index (χ3n) is 5.94. The molecule has 1 aliphatic rings. The number of hydrogen-bond acceptors (Lipinski definition) is 5. The van der Waals surface area contributed by atoms with Crippen LogP contribution >= 0.6 is 0 Å². The van der Waals surface area contributed by atoms with Gasteiger partial charge in [0, 0.05) is 38.3 Å².